The van der Waals surface area contributed by atoms with Crippen molar-refractivity contribution < 1.29 is 5.11 Å². The second-order valence-electron chi connectivity index (χ2n) is 3.81. The second kappa shape index (κ2) is 4.66. The maximum absolute atomic E-state index is 8.88. The van der Waals surface area contributed by atoms with Gasteiger partial charge in [-0.05, 0) is 12.1 Å². The van der Waals surface area contributed by atoms with Crippen molar-refractivity contribution in [1.82, 2.24) is 9.88 Å². The van der Waals surface area contributed by atoms with Gasteiger partial charge in [0.15, 0.2) is 0 Å². The van der Waals surface area contributed by atoms with E-state index in [1.807, 2.05) is 0 Å². The number of aliphatic hydroxyl groups excluding tert-OH is 1. The lowest BCUT2D eigenvalue weighted by Crippen LogP contribution is -2.47. The third-order valence-corrected chi connectivity index (χ3v) is 3.10. The lowest BCUT2D eigenvalue weighted by Gasteiger charge is -2.38. The van der Waals surface area contributed by atoms with Crippen LogP contribution >= 0.6 is 23.2 Å². The van der Waals surface area contributed by atoms with Gasteiger partial charge in [0.05, 0.1) is 10.7 Å². The molecule has 0 radical (unpaired) electrons. The summed E-state index contributed by atoms with van der Waals surface area (Å²) < 4.78 is 0. The summed E-state index contributed by atoms with van der Waals surface area (Å²) in [6, 6.07) is 3.44. The molecule has 1 fully saturated rings. The molecule has 1 N–H and O–H groups in total. The molecule has 0 amide bonds. The molecule has 3 nitrogen and oxygen atoms in total. The van der Waals surface area contributed by atoms with Gasteiger partial charge in [-0.2, -0.15) is 0 Å². The van der Waals surface area contributed by atoms with Crippen molar-refractivity contribution in [2.24, 2.45) is 5.92 Å². The van der Waals surface area contributed by atoms with E-state index in [0.717, 1.165) is 18.8 Å². The van der Waals surface area contributed by atoms with Gasteiger partial charge in [-0.3, -0.25) is 4.90 Å². The van der Waals surface area contributed by atoms with E-state index in [4.69, 9.17) is 28.3 Å². The van der Waals surface area contributed by atoms with Gasteiger partial charge in [-0.25, -0.2) is 4.98 Å². The molecule has 1 aliphatic rings. The molecule has 1 saturated heterocycles. The van der Waals surface area contributed by atoms with Crippen molar-refractivity contribution in [3.05, 3.63) is 28.0 Å². The van der Waals surface area contributed by atoms with Gasteiger partial charge in [0.25, 0.3) is 0 Å². The minimum absolute atomic E-state index is 0.257. The molecule has 0 aliphatic carbocycles. The number of aliphatic hydroxyl groups is 1. The van der Waals surface area contributed by atoms with E-state index in [2.05, 4.69) is 9.88 Å². The summed E-state index contributed by atoms with van der Waals surface area (Å²) in [6.45, 7) is 2.77. The van der Waals surface area contributed by atoms with Crippen LogP contribution < -0.4 is 0 Å². The Balaban J connectivity index is 1.97. The first kappa shape index (κ1) is 11.1. The fourth-order valence-corrected chi connectivity index (χ4v) is 2.03. The molecule has 2 heterocycles. The molecule has 1 aliphatic heterocycles. The Morgan fingerprint density at radius 2 is 2.13 bits per heavy atom. The number of pyridine rings is 1. The van der Waals surface area contributed by atoms with Gasteiger partial charge in [0, 0.05) is 32.2 Å². The Labute approximate surface area is 98.6 Å². The van der Waals surface area contributed by atoms with Crippen molar-refractivity contribution in [1.29, 1.82) is 0 Å². The van der Waals surface area contributed by atoms with Crippen LogP contribution in [0.5, 0.6) is 0 Å². The standard InChI is InChI=1S/C10H12Cl2N2O/c11-8-1-2-10(12)13-9(8)5-14-3-7(4-14)6-15/h1-2,7,15H,3-6H2. The summed E-state index contributed by atoms with van der Waals surface area (Å²) in [5.74, 6) is 0.406. The highest BCUT2D eigenvalue weighted by molar-refractivity contribution is 6.32. The third-order valence-electron chi connectivity index (χ3n) is 2.55. The van der Waals surface area contributed by atoms with Crippen molar-refractivity contribution in [3.8, 4) is 0 Å². The SMILES string of the molecule is OCC1CN(Cc2nc(Cl)ccc2Cl)C1. The number of halogens is 2. The lowest BCUT2D eigenvalue weighted by molar-refractivity contribution is 0.0470. The molecule has 1 aromatic heterocycles. The van der Waals surface area contributed by atoms with Gasteiger partial charge < -0.3 is 5.11 Å². The molecule has 15 heavy (non-hydrogen) atoms. The Morgan fingerprint density at radius 3 is 2.80 bits per heavy atom. The van der Waals surface area contributed by atoms with Gasteiger partial charge in [0.1, 0.15) is 5.15 Å². The van der Waals surface area contributed by atoms with Crippen molar-refractivity contribution in [2.75, 3.05) is 19.7 Å². The highest BCUT2D eigenvalue weighted by Gasteiger charge is 2.26. The third kappa shape index (κ3) is 2.61. The summed E-state index contributed by atoms with van der Waals surface area (Å²) in [4.78, 5) is 6.36. The molecule has 0 bridgehead atoms. The first-order chi connectivity index (χ1) is 7.19. The lowest BCUT2D eigenvalue weighted by atomic mass is 10.0. The van der Waals surface area contributed by atoms with Gasteiger partial charge in [-0.15, -0.1) is 0 Å². The Kier molecular flexibility index (Phi) is 3.46. The first-order valence-corrected chi connectivity index (χ1v) is 5.58. The van der Waals surface area contributed by atoms with Gasteiger partial charge >= 0.3 is 0 Å². The number of nitrogens with zero attached hydrogens (tertiary/aromatic N) is 2. The van der Waals surface area contributed by atoms with Crippen LogP contribution in [-0.4, -0.2) is 34.7 Å². The number of likely N-dealkylation sites (tertiary alicyclic amines) is 1. The topological polar surface area (TPSA) is 36.4 Å². The van der Waals surface area contributed by atoms with Crippen LogP contribution in [0.1, 0.15) is 5.69 Å². The van der Waals surface area contributed by atoms with Crippen LogP contribution in [0.4, 0.5) is 0 Å². The molecule has 0 saturated carbocycles. The maximum atomic E-state index is 8.88. The minimum atomic E-state index is 0.257. The number of hydrogen-bond donors (Lipinski definition) is 1. The van der Waals surface area contributed by atoms with E-state index in [1.165, 1.54) is 0 Å². The van der Waals surface area contributed by atoms with Crippen LogP contribution in [0, 0.1) is 5.92 Å². The van der Waals surface area contributed by atoms with Crippen LogP contribution in [0.15, 0.2) is 12.1 Å². The zero-order chi connectivity index (χ0) is 10.8. The second-order valence-corrected chi connectivity index (χ2v) is 4.60. The molecule has 0 aromatic carbocycles. The van der Waals surface area contributed by atoms with Crippen molar-refractivity contribution in [2.45, 2.75) is 6.54 Å². The number of rotatable bonds is 3. The molecule has 1 aromatic rings. The molecule has 0 unspecified atom stereocenters. The predicted molar refractivity (Wildman–Crippen MR) is 60.1 cm³/mol. The zero-order valence-corrected chi connectivity index (χ0v) is 9.67. The number of aromatic nitrogens is 1. The van der Waals surface area contributed by atoms with E-state index in [0.29, 0.717) is 22.6 Å². The van der Waals surface area contributed by atoms with Crippen molar-refractivity contribution in [3.63, 3.8) is 0 Å². The first-order valence-electron chi connectivity index (χ1n) is 4.83. The summed E-state index contributed by atoms with van der Waals surface area (Å²) >= 11 is 11.8. The zero-order valence-electron chi connectivity index (χ0n) is 8.16. The van der Waals surface area contributed by atoms with E-state index in [1.54, 1.807) is 12.1 Å². The monoisotopic (exact) mass is 246 g/mol. The predicted octanol–water partition coefficient (Wildman–Crippen LogP) is 1.81. The minimum Gasteiger partial charge on any atom is -0.396 e. The average Bonchev–Trinajstić information content (AvgIpc) is 2.16. The van der Waals surface area contributed by atoms with Gasteiger partial charge in [-0.1, -0.05) is 23.2 Å². The van der Waals surface area contributed by atoms with Crippen LogP contribution in [0.2, 0.25) is 10.2 Å². The summed E-state index contributed by atoms with van der Waals surface area (Å²) in [5.41, 5.74) is 0.806. The smallest absolute Gasteiger partial charge is 0.129 e. The van der Waals surface area contributed by atoms with Gasteiger partial charge in [0.2, 0.25) is 0 Å². The fourth-order valence-electron chi connectivity index (χ4n) is 1.70. The molecule has 0 atom stereocenters. The van der Waals surface area contributed by atoms with Crippen LogP contribution in [0.3, 0.4) is 0 Å². The molecule has 82 valence electrons. The summed E-state index contributed by atoms with van der Waals surface area (Å²) in [7, 11) is 0. The molecule has 2 rings (SSSR count). The van der Waals surface area contributed by atoms with E-state index < -0.39 is 0 Å². The highest BCUT2D eigenvalue weighted by atomic mass is 35.5. The molecule has 5 heteroatoms. The quantitative estimate of drug-likeness (QED) is 0.827. The Bertz CT molecular complexity index is 353. The fraction of sp³-hybridized carbons (Fsp3) is 0.500. The van der Waals surface area contributed by atoms with E-state index in [-0.39, 0.29) is 6.61 Å². The summed E-state index contributed by atoms with van der Waals surface area (Å²) in [6.07, 6.45) is 0. The van der Waals surface area contributed by atoms with Crippen LogP contribution in [0.25, 0.3) is 0 Å². The number of hydrogen-bond acceptors (Lipinski definition) is 3. The normalized spacial score (nSPS) is 17.8. The maximum Gasteiger partial charge on any atom is 0.129 e. The molecular weight excluding hydrogens is 235 g/mol. The summed E-state index contributed by atoms with van der Waals surface area (Å²) in [5, 5.41) is 9.99. The van der Waals surface area contributed by atoms with E-state index in [9.17, 15) is 0 Å². The largest absolute Gasteiger partial charge is 0.396 e. The Hall–Kier alpha value is -0.350. The average molecular weight is 247 g/mol. The molecular formula is C10H12Cl2N2O. The highest BCUT2D eigenvalue weighted by Crippen LogP contribution is 2.22. The Morgan fingerprint density at radius 1 is 1.40 bits per heavy atom. The molecule has 0 spiro atoms. The van der Waals surface area contributed by atoms with E-state index >= 15 is 0 Å². The van der Waals surface area contributed by atoms with Crippen LogP contribution in [-0.2, 0) is 6.54 Å². The van der Waals surface area contributed by atoms with Crippen molar-refractivity contribution >= 4 is 23.2 Å².